The van der Waals surface area contributed by atoms with Crippen molar-refractivity contribution >= 4 is 11.6 Å². The van der Waals surface area contributed by atoms with E-state index < -0.39 is 0 Å². The van der Waals surface area contributed by atoms with Gasteiger partial charge in [-0.2, -0.15) is 0 Å². The summed E-state index contributed by atoms with van der Waals surface area (Å²) in [6, 6.07) is 14.3. The van der Waals surface area contributed by atoms with Crippen LogP contribution in [0.3, 0.4) is 0 Å². The lowest BCUT2D eigenvalue weighted by Crippen LogP contribution is -2.48. The number of rotatable bonds is 4. The smallest absolute Gasteiger partial charge is 0.223 e. The van der Waals surface area contributed by atoms with Crippen molar-refractivity contribution in [2.75, 3.05) is 13.1 Å². The van der Waals surface area contributed by atoms with Crippen molar-refractivity contribution in [2.45, 2.75) is 45.3 Å². The zero-order valence-corrected chi connectivity index (χ0v) is 16.7. The molecule has 1 aliphatic rings. The molecule has 3 atom stereocenters. The molecule has 5 heteroatoms. The first-order chi connectivity index (χ1) is 13.5. The molecule has 1 fully saturated rings. The molecule has 0 saturated carbocycles. The van der Waals surface area contributed by atoms with Crippen LogP contribution in [0, 0.1) is 6.92 Å². The van der Waals surface area contributed by atoms with Crippen LogP contribution in [-0.2, 0) is 9.53 Å². The number of pyridine rings is 1. The van der Waals surface area contributed by atoms with E-state index in [4.69, 9.17) is 4.74 Å². The van der Waals surface area contributed by atoms with Crippen molar-refractivity contribution < 1.29 is 9.53 Å². The van der Waals surface area contributed by atoms with Gasteiger partial charge in [-0.1, -0.05) is 36.4 Å². The Morgan fingerprint density at radius 2 is 1.86 bits per heavy atom. The van der Waals surface area contributed by atoms with Crippen LogP contribution in [0.4, 0.5) is 0 Å². The molecule has 1 aromatic carbocycles. The number of morpholine rings is 1. The second-order valence-corrected chi connectivity index (χ2v) is 7.79. The predicted molar refractivity (Wildman–Crippen MR) is 109 cm³/mol. The summed E-state index contributed by atoms with van der Waals surface area (Å²) < 4.78 is 7.91. The first-order valence-corrected chi connectivity index (χ1v) is 9.93. The number of carbonyl (C=O) groups excluding carboxylic acids is 1. The molecule has 1 aliphatic heterocycles. The summed E-state index contributed by atoms with van der Waals surface area (Å²) in [5.74, 6) is 0.123. The second-order valence-electron chi connectivity index (χ2n) is 7.79. The average Bonchev–Trinajstić information content (AvgIpc) is 3.11. The van der Waals surface area contributed by atoms with Gasteiger partial charge < -0.3 is 14.0 Å². The fraction of sp³-hybridized carbons (Fsp3) is 0.391. The van der Waals surface area contributed by atoms with Crippen molar-refractivity contribution in [2.24, 2.45) is 0 Å². The topological polar surface area (TPSA) is 46.8 Å². The Hall–Kier alpha value is -2.66. The summed E-state index contributed by atoms with van der Waals surface area (Å²) in [6.07, 6.45) is 4.51. The molecular weight excluding hydrogens is 350 g/mol. The fourth-order valence-corrected chi connectivity index (χ4v) is 4.19. The minimum absolute atomic E-state index is 0.0426. The summed E-state index contributed by atoms with van der Waals surface area (Å²) in [4.78, 5) is 19.8. The lowest BCUT2D eigenvalue weighted by molar-refractivity contribution is -0.143. The highest BCUT2D eigenvalue weighted by atomic mass is 16.5. The van der Waals surface area contributed by atoms with Crippen LogP contribution < -0.4 is 0 Å². The van der Waals surface area contributed by atoms with Gasteiger partial charge in [0.2, 0.25) is 5.91 Å². The van der Waals surface area contributed by atoms with E-state index in [-0.39, 0.29) is 24.0 Å². The van der Waals surface area contributed by atoms with E-state index in [2.05, 4.69) is 34.5 Å². The Morgan fingerprint density at radius 3 is 2.57 bits per heavy atom. The number of carbonyl (C=O) groups is 1. The van der Waals surface area contributed by atoms with Crippen LogP contribution in [-0.4, -0.2) is 45.5 Å². The van der Waals surface area contributed by atoms with E-state index in [1.54, 1.807) is 0 Å². The highest BCUT2D eigenvalue weighted by molar-refractivity contribution is 5.78. The molecule has 0 bridgehead atoms. The molecule has 0 aliphatic carbocycles. The molecule has 3 aromatic rings. The van der Waals surface area contributed by atoms with E-state index in [0.717, 1.165) is 22.5 Å². The van der Waals surface area contributed by atoms with Gasteiger partial charge >= 0.3 is 0 Å². The third-order valence-corrected chi connectivity index (χ3v) is 5.47. The predicted octanol–water partition coefficient (Wildman–Crippen LogP) is 3.80. The van der Waals surface area contributed by atoms with Gasteiger partial charge in [-0.25, -0.2) is 4.98 Å². The van der Waals surface area contributed by atoms with Crippen LogP contribution >= 0.6 is 0 Å². The molecule has 2 aromatic heterocycles. The number of aryl methyl sites for hydroxylation is 1. The molecular formula is C23H27N3O2. The SMILES string of the molecule is Cc1cccn2c(C(CC(=O)N3CC(C)OC(C)C3)c3ccccc3)cnc12. The van der Waals surface area contributed by atoms with Gasteiger partial charge in [-0.05, 0) is 38.0 Å². The number of hydrogen-bond donors (Lipinski definition) is 0. The van der Waals surface area contributed by atoms with Crippen LogP contribution in [0.5, 0.6) is 0 Å². The van der Waals surface area contributed by atoms with Crippen LogP contribution in [0.1, 0.15) is 43.0 Å². The molecule has 1 saturated heterocycles. The molecule has 0 spiro atoms. The minimum atomic E-state index is -0.0426. The Kier molecular flexibility index (Phi) is 5.18. The van der Waals surface area contributed by atoms with Crippen molar-refractivity contribution in [1.29, 1.82) is 0 Å². The zero-order valence-electron chi connectivity index (χ0n) is 16.7. The quantitative estimate of drug-likeness (QED) is 0.695. The van der Waals surface area contributed by atoms with Gasteiger partial charge in [-0.15, -0.1) is 0 Å². The highest BCUT2D eigenvalue weighted by Crippen LogP contribution is 2.30. The lowest BCUT2D eigenvalue weighted by atomic mass is 9.92. The van der Waals surface area contributed by atoms with E-state index >= 15 is 0 Å². The van der Waals surface area contributed by atoms with Crippen molar-refractivity contribution in [3.63, 3.8) is 0 Å². The summed E-state index contributed by atoms with van der Waals surface area (Å²) in [5, 5.41) is 0. The van der Waals surface area contributed by atoms with Gasteiger partial charge in [0.1, 0.15) is 5.65 Å². The maximum Gasteiger partial charge on any atom is 0.223 e. The first kappa shape index (κ1) is 18.7. The Balaban J connectivity index is 1.68. The third-order valence-electron chi connectivity index (χ3n) is 5.47. The summed E-state index contributed by atoms with van der Waals surface area (Å²) >= 11 is 0. The maximum atomic E-state index is 13.2. The van der Waals surface area contributed by atoms with Gasteiger partial charge in [0.25, 0.3) is 0 Å². The van der Waals surface area contributed by atoms with Gasteiger partial charge in [0.05, 0.1) is 17.9 Å². The fourth-order valence-electron chi connectivity index (χ4n) is 4.19. The summed E-state index contributed by atoms with van der Waals surface area (Å²) in [7, 11) is 0. The maximum absolute atomic E-state index is 13.2. The monoisotopic (exact) mass is 377 g/mol. The number of aromatic nitrogens is 2. The van der Waals surface area contributed by atoms with Gasteiger partial charge in [-0.3, -0.25) is 4.79 Å². The largest absolute Gasteiger partial charge is 0.372 e. The number of fused-ring (bicyclic) bond motifs is 1. The molecule has 0 N–H and O–H groups in total. The molecule has 3 unspecified atom stereocenters. The summed E-state index contributed by atoms with van der Waals surface area (Å²) in [5.41, 5.74) is 4.25. The van der Waals surface area contributed by atoms with Crippen molar-refractivity contribution in [3.05, 3.63) is 71.7 Å². The second kappa shape index (κ2) is 7.76. The number of benzene rings is 1. The molecule has 0 radical (unpaired) electrons. The van der Waals surface area contributed by atoms with Gasteiger partial charge in [0, 0.05) is 37.8 Å². The van der Waals surface area contributed by atoms with E-state index in [1.807, 2.05) is 55.4 Å². The highest BCUT2D eigenvalue weighted by Gasteiger charge is 2.29. The molecule has 1 amide bonds. The zero-order chi connectivity index (χ0) is 19.7. The normalized spacial score (nSPS) is 21.0. The first-order valence-electron chi connectivity index (χ1n) is 9.93. The number of ether oxygens (including phenoxy) is 1. The van der Waals surface area contributed by atoms with Crippen molar-refractivity contribution in [1.82, 2.24) is 14.3 Å². The standard InChI is InChI=1S/C23H27N3O2/c1-16-8-7-11-26-21(13-24-23(16)26)20(19-9-5-4-6-10-19)12-22(27)25-14-17(2)28-18(3)15-25/h4-11,13,17-18,20H,12,14-15H2,1-3H3. The molecule has 146 valence electrons. The Bertz CT molecular complexity index is 956. The van der Waals surface area contributed by atoms with E-state index in [1.165, 1.54) is 0 Å². The number of amides is 1. The van der Waals surface area contributed by atoms with Crippen LogP contribution in [0.15, 0.2) is 54.9 Å². The van der Waals surface area contributed by atoms with Crippen LogP contribution in [0.2, 0.25) is 0 Å². The molecule has 3 heterocycles. The van der Waals surface area contributed by atoms with Gasteiger partial charge in [0.15, 0.2) is 0 Å². The van der Waals surface area contributed by atoms with Crippen LogP contribution in [0.25, 0.3) is 5.65 Å². The number of imidazole rings is 1. The molecule has 5 nitrogen and oxygen atoms in total. The van der Waals surface area contributed by atoms with Crippen molar-refractivity contribution in [3.8, 4) is 0 Å². The average molecular weight is 377 g/mol. The van der Waals surface area contributed by atoms with E-state index in [9.17, 15) is 4.79 Å². The number of hydrogen-bond acceptors (Lipinski definition) is 3. The minimum Gasteiger partial charge on any atom is -0.372 e. The molecule has 4 rings (SSSR count). The van der Waals surface area contributed by atoms with E-state index in [0.29, 0.717) is 19.5 Å². The Labute approximate surface area is 166 Å². The Morgan fingerprint density at radius 1 is 1.14 bits per heavy atom. The molecule has 28 heavy (non-hydrogen) atoms. The number of nitrogens with zero attached hydrogens (tertiary/aromatic N) is 3. The third kappa shape index (κ3) is 3.67. The lowest BCUT2D eigenvalue weighted by Gasteiger charge is -2.36. The summed E-state index contributed by atoms with van der Waals surface area (Å²) in [6.45, 7) is 7.41.